The summed E-state index contributed by atoms with van der Waals surface area (Å²) in [5.41, 5.74) is 2.19. The molecule has 27 heavy (non-hydrogen) atoms. The number of aryl methyl sites for hydroxylation is 1. The molecule has 0 saturated heterocycles. The lowest BCUT2D eigenvalue weighted by molar-refractivity contribution is 0.102. The molecule has 7 heteroatoms. The van der Waals surface area contributed by atoms with Crippen molar-refractivity contribution in [3.8, 4) is 22.8 Å². The van der Waals surface area contributed by atoms with Gasteiger partial charge >= 0.3 is 0 Å². The van der Waals surface area contributed by atoms with Gasteiger partial charge in [-0.2, -0.15) is 4.98 Å². The van der Waals surface area contributed by atoms with Crippen molar-refractivity contribution < 1.29 is 18.1 Å². The first-order valence-electron chi connectivity index (χ1n) is 8.16. The third-order valence-corrected chi connectivity index (χ3v) is 3.98. The largest absolute Gasteiger partial charge is 0.469 e. The molecule has 0 aliphatic heterocycles. The van der Waals surface area contributed by atoms with E-state index in [0.29, 0.717) is 34.0 Å². The standard InChI is InChI=1S/C20H14FN3O3/c1-12-17(8-9-26-12)19(25)22-16-7-3-4-13(11-16)18-23-20(27-24-18)14-5-2-6-15(21)10-14/h2-11H,1H3,(H,22,25). The normalized spacial score (nSPS) is 10.7. The molecule has 0 atom stereocenters. The highest BCUT2D eigenvalue weighted by atomic mass is 19.1. The number of benzene rings is 2. The van der Waals surface area contributed by atoms with Gasteiger partial charge in [0.2, 0.25) is 5.82 Å². The van der Waals surface area contributed by atoms with Crippen LogP contribution in [-0.4, -0.2) is 16.0 Å². The molecule has 4 aromatic rings. The summed E-state index contributed by atoms with van der Waals surface area (Å²) < 4.78 is 23.7. The van der Waals surface area contributed by atoms with Crippen LogP contribution in [-0.2, 0) is 0 Å². The second-order valence-corrected chi connectivity index (χ2v) is 5.86. The van der Waals surface area contributed by atoms with Gasteiger partial charge in [-0.25, -0.2) is 4.39 Å². The van der Waals surface area contributed by atoms with E-state index in [4.69, 9.17) is 8.94 Å². The van der Waals surface area contributed by atoms with E-state index in [2.05, 4.69) is 15.5 Å². The van der Waals surface area contributed by atoms with Gasteiger partial charge in [0.1, 0.15) is 11.6 Å². The second-order valence-electron chi connectivity index (χ2n) is 5.86. The Morgan fingerprint density at radius 2 is 1.89 bits per heavy atom. The van der Waals surface area contributed by atoms with Crippen LogP contribution in [0, 0.1) is 12.7 Å². The molecule has 2 aromatic heterocycles. The summed E-state index contributed by atoms with van der Waals surface area (Å²) in [6.07, 6.45) is 1.47. The molecule has 0 spiro atoms. The van der Waals surface area contributed by atoms with Crippen LogP contribution in [0.25, 0.3) is 22.8 Å². The molecule has 0 unspecified atom stereocenters. The molecular weight excluding hydrogens is 349 g/mol. The van der Waals surface area contributed by atoms with Gasteiger partial charge in [-0.1, -0.05) is 23.4 Å². The predicted octanol–water partition coefficient (Wildman–Crippen LogP) is 4.70. The molecule has 2 heterocycles. The van der Waals surface area contributed by atoms with Gasteiger partial charge in [-0.15, -0.1) is 0 Å². The number of carbonyl (C=O) groups is 1. The van der Waals surface area contributed by atoms with Crippen LogP contribution in [0.4, 0.5) is 10.1 Å². The Balaban J connectivity index is 1.58. The van der Waals surface area contributed by atoms with Gasteiger partial charge in [0, 0.05) is 16.8 Å². The van der Waals surface area contributed by atoms with E-state index < -0.39 is 0 Å². The monoisotopic (exact) mass is 363 g/mol. The van der Waals surface area contributed by atoms with Crippen molar-refractivity contribution in [2.24, 2.45) is 0 Å². The van der Waals surface area contributed by atoms with E-state index >= 15 is 0 Å². The predicted molar refractivity (Wildman–Crippen MR) is 96.5 cm³/mol. The molecule has 6 nitrogen and oxygen atoms in total. The number of hydrogen-bond donors (Lipinski definition) is 1. The fourth-order valence-electron chi connectivity index (χ4n) is 2.63. The zero-order valence-electron chi connectivity index (χ0n) is 14.3. The zero-order chi connectivity index (χ0) is 18.8. The second kappa shape index (κ2) is 6.87. The summed E-state index contributed by atoms with van der Waals surface area (Å²) in [6, 6.07) is 14.6. The molecule has 0 saturated carbocycles. The number of carbonyl (C=O) groups excluding carboxylic acids is 1. The van der Waals surface area contributed by atoms with Crippen molar-refractivity contribution in [1.29, 1.82) is 0 Å². The smallest absolute Gasteiger partial charge is 0.259 e. The average Bonchev–Trinajstić information content (AvgIpc) is 3.31. The van der Waals surface area contributed by atoms with Gasteiger partial charge in [0.15, 0.2) is 0 Å². The quantitative estimate of drug-likeness (QED) is 0.568. The highest BCUT2D eigenvalue weighted by Crippen LogP contribution is 2.25. The molecule has 0 aliphatic rings. The lowest BCUT2D eigenvalue weighted by atomic mass is 10.1. The lowest BCUT2D eigenvalue weighted by Crippen LogP contribution is -2.12. The van der Waals surface area contributed by atoms with Crippen LogP contribution in [0.1, 0.15) is 16.1 Å². The van der Waals surface area contributed by atoms with Gasteiger partial charge in [-0.05, 0) is 43.3 Å². The van der Waals surface area contributed by atoms with Crippen LogP contribution in [0.3, 0.4) is 0 Å². The maximum atomic E-state index is 13.4. The SMILES string of the molecule is Cc1occc1C(=O)Nc1cccc(-c2noc(-c3cccc(F)c3)n2)c1. The minimum absolute atomic E-state index is 0.216. The Labute approximate surface area is 153 Å². The summed E-state index contributed by atoms with van der Waals surface area (Å²) in [4.78, 5) is 16.6. The number of amides is 1. The van der Waals surface area contributed by atoms with Gasteiger partial charge < -0.3 is 14.3 Å². The highest BCUT2D eigenvalue weighted by molar-refractivity contribution is 6.05. The van der Waals surface area contributed by atoms with E-state index in [0.717, 1.165) is 0 Å². The van der Waals surface area contributed by atoms with Crippen molar-refractivity contribution in [1.82, 2.24) is 10.1 Å². The number of aromatic nitrogens is 2. The molecule has 0 bridgehead atoms. The number of nitrogens with zero attached hydrogens (tertiary/aromatic N) is 2. The van der Waals surface area contributed by atoms with Crippen LogP contribution in [0.15, 0.2) is 69.8 Å². The Morgan fingerprint density at radius 3 is 2.67 bits per heavy atom. The molecule has 1 amide bonds. The molecule has 0 aliphatic carbocycles. The molecule has 0 fully saturated rings. The molecule has 0 radical (unpaired) electrons. The summed E-state index contributed by atoms with van der Waals surface area (Å²) in [6.45, 7) is 1.72. The third-order valence-electron chi connectivity index (χ3n) is 3.98. The van der Waals surface area contributed by atoms with Crippen LogP contribution in [0.2, 0.25) is 0 Å². The van der Waals surface area contributed by atoms with Crippen molar-refractivity contribution in [2.45, 2.75) is 6.92 Å². The number of halogens is 1. The van der Waals surface area contributed by atoms with Crippen LogP contribution >= 0.6 is 0 Å². The van der Waals surface area contributed by atoms with E-state index in [1.165, 1.54) is 18.4 Å². The molecule has 1 N–H and O–H groups in total. The van der Waals surface area contributed by atoms with Crippen molar-refractivity contribution in [2.75, 3.05) is 5.32 Å². The Kier molecular flexibility index (Phi) is 4.25. The van der Waals surface area contributed by atoms with Gasteiger partial charge in [0.05, 0.1) is 11.8 Å². The Morgan fingerprint density at radius 1 is 1.07 bits per heavy atom. The average molecular weight is 363 g/mol. The third kappa shape index (κ3) is 3.48. The maximum absolute atomic E-state index is 13.4. The summed E-state index contributed by atoms with van der Waals surface area (Å²) >= 11 is 0. The minimum atomic E-state index is -0.383. The Hall–Kier alpha value is -3.74. The topological polar surface area (TPSA) is 81.2 Å². The van der Waals surface area contributed by atoms with Crippen LogP contribution in [0.5, 0.6) is 0 Å². The first-order valence-corrected chi connectivity index (χ1v) is 8.16. The molecule has 134 valence electrons. The Bertz CT molecular complexity index is 1120. The first kappa shape index (κ1) is 16.7. The number of furan rings is 1. The van der Waals surface area contributed by atoms with Crippen LogP contribution < -0.4 is 5.32 Å². The van der Waals surface area contributed by atoms with Crippen molar-refractivity contribution >= 4 is 11.6 Å². The van der Waals surface area contributed by atoms with Gasteiger partial charge in [-0.3, -0.25) is 4.79 Å². The number of anilines is 1. The minimum Gasteiger partial charge on any atom is -0.469 e. The fraction of sp³-hybridized carbons (Fsp3) is 0.0500. The molecular formula is C20H14FN3O3. The van der Waals surface area contributed by atoms with E-state index in [1.54, 1.807) is 49.4 Å². The van der Waals surface area contributed by atoms with E-state index in [-0.39, 0.29) is 17.6 Å². The fourth-order valence-corrected chi connectivity index (χ4v) is 2.63. The number of rotatable bonds is 4. The van der Waals surface area contributed by atoms with Crippen molar-refractivity contribution in [3.63, 3.8) is 0 Å². The van der Waals surface area contributed by atoms with Crippen molar-refractivity contribution in [3.05, 3.63) is 78.0 Å². The highest BCUT2D eigenvalue weighted by Gasteiger charge is 2.14. The first-order chi connectivity index (χ1) is 13.1. The summed E-state index contributed by atoms with van der Waals surface area (Å²) in [5, 5.41) is 6.75. The van der Waals surface area contributed by atoms with Gasteiger partial charge in [0.25, 0.3) is 11.8 Å². The molecule has 4 rings (SSSR count). The van der Waals surface area contributed by atoms with E-state index in [1.807, 2.05) is 0 Å². The molecule has 2 aromatic carbocycles. The van der Waals surface area contributed by atoms with E-state index in [9.17, 15) is 9.18 Å². The lowest BCUT2D eigenvalue weighted by Gasteiger charge is -2.05. The summed E-state index contributed by atoms with van der Waals surface area (Å²) in [5.74, 6) is 0.442. The zero-order valence-corrected chi connectivity index (χ0v) is 14.3. The number of nitrogens with one attached hydrogen (secondary N) is 1. The maximum Gasteiger partial charge on any atom is 0.259 e. The summed E-state index contributed by atoms with van der Waals surface area (Å²) in [7, 11) is 0. The number of hydrogen-bond acceptors (Lipinski definition) is 5.